The van der Waals surface area contributed by atoms with Crippen LogP contribution in [0.2, 0.25) is 18.1 Å². The second kappa shape index (κ2) is 6.44. The lowest BCUT2D eigenvalue weighted by Gasteiger charge is -2.37. The lowest BCUT2D eigenvalue weighted by atomic mass is 10.2. The third kappa shape index (κ3) is 5.15. The first-order valence-electron chi connectivity index (χ1n) is 5.96. The molecule has 3 heteroatoms. The van der Waals surface area contributed by atoms with E-state index in [1.165, 1.54) is 0 Å². The highest BCUT2D eigenvalue weighted by molar-refractivity contribution is 6.74. The number of hydrogen-bond donors (Lipinski definition) is 0. The van der Waals surface area contributed by atoms with Crippen molar-refractivity contribution in [2.45, 2.75) is 58.4 Å². The quantitative estimate of drug-likeness (QED) is 0.403. The normalized spacial score (nSPS) is 14.6. The Bertz CT molecular complexity index is 235. The first kappa shape index (κ1) is 15.7. The maximum absolute atomic E-state index is 6.08. The van der Waals surface area contributed by atoms with E-state index in [2.05, 4.69) is 46.7 Å². The zero-order valence-corrected chi connectivity index (χ0v) is 12.6. The van der Waals surface area contributed by atoms with Crippen molar-refractivity contribution in [1.82, 2.24) is 0 Å². The van der Waals surface area contributed by atoms with E-state index in [1.807, 2.05) is 0 Å². The Morgan fingerprint density at radius 2 is 1.88 bits per heavy atom. The lowest BCUT2D eigenvalue weighted by molar-refractivity contribution is 0.0689. The smallest absolute Gasteiger partial charge is 0.193 e. The standard InChI is InChI=1S/C13H26O2Si/c1-8-10-14-11-12(9-2)15-16(6,7)13(3,4)5/h2,12H,8,10-11H2,1,3-7H3/t12-/m1/s1. The molecule has 0 aliphatic carbocycles. The van der Waals surface area contributed by atoms with Gasteiger partial charge in [0, 0.05) is 6.61 Å². The van der Waals surface area contributed by atoms with Crippen LogP contribution in [-0.4, -0.2) is 27.6 Å². The summed E-state index contributed by atoms with van der Waals surface area (Å²) < 4.78 is 11.5. The molecule has 0 aromatic carbocycles. The molecular weight excluding hydrogens is 216 g/mol. The molecule has 0 heterocycles. The molecule has 94 valence electrons. The van der Waals surface area contributed by atoms with Gasteiger partial charge in [0.1, 0.15) is 6.10 Å². The second-order valence-corrected chi connectivity index (χ2v) is 10.4. The van der Waals surface area contributed by atoms with Gasteiger partial charge in [-0.05, 0) is 24.6 Å². The van der Waals surface area contributed by atoms with Gasteiger partial charge in [0.05, 0.1) is 6.61 Å². The van der Waals surface area contributed by atoms with Crippen molar-refractivity contribution in [3.05, 3.63) is 0 Å². The average Bonchev–Trinajstić information content (AvgIpc) is 2.14. The van der Waals surface area contributed by atoms with Gasteiger partial charge >= 0.3 is 0 Å². The van der Waals surface area contributed by atoms with Crippen LogP contribution in [0.4, 0.5) is 0 Å². The van der Waals surface area contributed by atoms with Crippen LogP contribution < -0.4 is 0 Å². The van der Waals surface area contributed by atoms with Crippen LogP contribution in [0.25, 0.3) is 0 Å². The molecule has 0 aliphatic heterocycles. The summed E-state index contributed by atoms with van der Waals surface area (Å²) in [6.45, 7) is 14.4. The van der Waals surface area contributed by atoms with Gasteiger partial charge in [0.2, 0.25) is 0 Å². The number of rotatable bonds is 6. The topological polar surface area (TPSA) is 18.5 Å². The Labute approximate surface area is 102 Å². The van der Waals surface area contributed by atoms with Gasteiger partial charge in [-0.3, -0.25) is 0 Å². The summed E-state index contributed by atoms with van der Waals surface area (Å²) in [7, 11) is -1.77. The minimum atomic E-state index is -1.77. The van der Waals surface area contributed by atoms with Crippen LogP contribution >= 0.6 is 0 Å². The van der Waals surface area contributed by atoms with Crippen molar-refractivity contribution in [2.24, 2.45) is 0 Å². The van der Waals surface area contributed by atoms with E-state index in [0.29, 0.717) is 6.61 Å². The number of hydrogen-bond acceptors (Lipinski definition) is 2. The van der Waals surface area contributed by atoms with Crippen molar-refractivity contribution >= 4 is 8.32 Å². The molecule has 0 radical (unpaired) electrons. The Morgan fingerprint density at radius 1 is 1.31 bits per heavy atom. The third-order valence-corrected chi connectivity index (χ3v) is 7.53. The van der Waals surface area contributed by atoms with E-state index < -0.39 is 8.32 Å². The molecule has 0 fully saturated rings. The van der Waals surface area contributed by atoms with E-state index in [0.717, 1.165) is 13.0 Å². The fraction of sp³-hybridized carbons (Fsp3) is 0.846. The minimum absolute atomic E-state index is 0.187. The lowest BCUT2D eigenvalue weighted by Crippen LogP contribution is -2.44. The SMILES string of the molecule is C#C[C@H](COCCC)O[Si](C)(C)C(C)(C)C. The first-order valence-corrected chi connectivity index (χ1v) is 8.87. The van der Waals surface area contributed by atoms with Crippen LogP contribution in [0.3, 0.4) is 0 Å². The fourth-order valence-electron chi connectivity index (χ4n) is 0.983. The predicted octanol–water partition coefficient (Wildman–Crippen LogP) is 3.44. The van der Waals surface area contributed by atoms with Crippen LogP contribution in [0.5, 0.6) is 0 Å². The van der Waals surface area contributed by atoms with Crippen molar-refractivity contribution in [1.29, 1.82) is 0 Å². The summed E-state index contributed by atoms with van der Waals surface area (Å²) in [6.07, 6.45) is 6.28. The molecule has 0 saturated heterocycles. The van der Waals surface area contributed by atoms with Crippen LogP contribution in [0.1, 0.15) is 34.1 Å². The van der Waals surface area contributed by atoms with Gasteiger partial charge in [-0.15, -0.1) is 6.42 Å². The largest absolute Gasteiger partial charge is 0.401 e. The predicted molar refractivity (Wildman–Crippen MR) is 72.0 cm³/mol. The summed E-state index contributed by atoms with van der Waals surface area (Å²) >= 11 is 0. The highest BCUT2D eigenvalue weighted by Gasteiger charge is 2.38. The molecule has 0 rings (SSSR count). The Morgan fingerprint density at radius 3 is 2.25 bits per heavy atom. The molecule has 0 bridgehead atoms. The van der Waals surface area contributed by atoms with Gasteiger partial charge < -0.3 is 9.16 Å². The van der Waals surface area contributed by atoms with Crippen molar-refractivity contribution in [3.63, 3.8) is 0 Å². The summed E-state index contributed by atoms with van der Waals surface area (Å²) in [5, 5.41) is 0.187. The van der Waals surface area contributed by atoms with E-state index in [1.54, 1.807) is 0 Å². The summed E-state index contributed by atoms with van der Waals surface area (Å²) in [5.41, 5.74) is 0. The van der Waals surface area contributed by atoms with E-state index in [9.17, 15) is 0 Å². The maximum atomic E-state index is 6.08. The van der Waals surface area contributed by atoms with Crippen LogP contribution in [0, 0.1) is 12.3 Å². The third-order valence-electron chi connectivity index (χ3n) is 3.05. The zero-order valence-electron chi connectivity index (χ0n) is 11.6. The summed E-state index contributed by atoms with van der Waals surface area (Å²) in [5.74, 6) is 2.68. The summed E-state index contributed by atoms with van der Waals surface area (Å²) in [4.78, 5) is 0. The molecule has 0 N–H and O–H groups in total. The minimum Gasteiger partial charge on any atom is -0.401 e. The van der Waals surface area contributed by atoms with Gasteiger partial charge in [-0.2, -0.15) is 0 Å². The monoisotopic (exact) mass is 242 g/mol. The van der Waals surface area contributed by atoms with Gasteiger partial charge in [-0.1, -0.05) is 33.6 Å². The zero-order chi connectivity index (χ0) is 12.8. The van der Waals surface area contributed by atoms with E-state index >= 15 is 0 Å². The summed E-state index contributed by atoms with van der Waals surface area (Å²) in [6, 6.07) is 0. The molecule has 1 atom stereocenters. The first-order chi connectivity index (χ1) is 7.24. The molecule has 2 nitrogen and oxygen atoms in total. The Balaban J connectivity index is 4.27. The van der Waals surface area contributed by atoms with Crippen LogP contribution in [-0.2, 0) is 9.16 Å². The van der Waals surface area contributed by atoms with Crippen LogP contribution in [0.15, 0.2) is 0 Å². The number of terminal acetylenes is 1. The molecule has 0 saturated carbocycles. The Kier molecular flexibility index (Phi) is 6.31. The Hall–Kier alpha value is -0.303. The molecule has 16 heavy (non-hydrogen) atoms. The highest BCUT2D eigenvalue weighted by atomic mass is 28.4. The van der Waals surface area contributed by atoms with Gasteiger partial charge in [-0.25, -0.2) is 0 Å². The van der Waals surface area contributed by atoms with Crippen molar-refractivity contribution < 1.29 is 9.16 Å². The van der Waals surface area contributed by atoms with Gasteiger partial charge in [0.25, 0.3) is 0 Å². The highest BCUT2D eigenvalue weighted by Crippen LogP contribution is 2.37. The van der Waals surface area contributed by atoms with Crippen molar-refractivity contribution in [3.8, 4) is 12.3 Å². The van der Waals surface area contributed by atoms with Crippen molar-refractivity contribution in [2.75, 3.05) is 13.2 Å². The molecule has 0 aromatic rings. The second-order valence-electron chi connectivity index (χ2n) is 5.61. The molecular formula is C13H26O2Si. The number of ether oxygens (including phenoxy) is 1. The molecule has 0 spiro atoms. The van der Waals surface area contributed by atoms with E-state index in [-0.39, 0.29) is 11.1 Å². The molecule has 0 aromatic heterocycles. The molecule has 0 amide bonds. The molecule has 0 unspecified atom stereocenters. The van der Waals surface area contributed by atoms with Gasteiger partial charge in [0.15, 0.2) is 8.32 Å². The van der Waals surface area contributed by atoms with E-state index in [4.69, 9.17) is 15.6 Å². The fourth-order valence-corrected chi connectivity index (χ4v) is 2.18. The average molecular weight is 242 g/mol. The maximum Gasteiger partial charge on any atom is 0.193 e. The molecule has 0 aliphatic rings.